The van der Waals surface area contributed by atoms with Crippen LogP contribution in [0, 0.1) is 16.2 Å². The lowest BCUT2D eigenvalue weighted by Crippen LogP contribution is -2.80. The fraction of sp³-hybridized carbons (Fsp3) is 0.667. The third kappa shape index (κ3) is 3.29. The summed E-state index contributed by atoms with van der Waals surface area (Å²) in [5.74, 6) is 0. The standard InChI is InChI=1S/C30H41N3O4/c1-26-10-7-22(36-25(34)37-23-9-16-35-19-23)17-21(26)6-11-28(3)29(31)12-8-24(20-5-4-15-33-18-20)27(29,2)13-14-30(26,28)32/h4-6,8,15,18,22-23H,7,9-14,16-17,19,31-32H2,1-3H3/t22-,23+,26-,27+,28-,29-,30-/m0/s1. The Labute approximate surface area is 220 Å². The molecule has 0 unspecified atom stereocenters. The Hall–Kier alpha value is -2.22. The molecule has 1 aromatic heterocycles. The van der Waals surface area contributed by atoms with Crippen molar-refractivity contribution in [1.29, 1.82) is 0 Å². The zero-order valence-corrected chi connectivity index (χ0v) is 22.4. The van der Waals surface area contributed by atoms with E-state index in [1.165, 1.54) is 11.1 Å². The van der Waals surface area contributed by atoms with Gasteiger partial charge in [-0.05, 0) is 55.7 Å². The van der Waals surface area contributed by atoms with E-state index >= 15 is 0 Å². The molecule has 7 atom stereocenters. The molecule has 0 aromatic carbocycles. The van der Waals surface area contributed by atoms with E-state index in [9.17, 15) is 4.79 Å². The van der Waals surface area contributed by atoms with Crippen LogP contribution in [0.2, 0.25) is 0 Å². The third-order valence-corrected chi connectivity index (χ3v) is 11.4. The predicted octanol–water partition coefficient (Wildman–Crippen LogP) is 4.90. The molecule has 200 valence electrons. The molecule has 4 N–H and O–H groups in total. The van der Waals surface area contributed by atoms with Gasteiger partial charge < -0.3 is 25.7 Å². The SMILES string of the molecule is C[C@@]12CC=C3C[C@@H](OC(=O)O[C@@H]4CCOC4)CC[C@]3(C)[C@@]1(N)CC[C@]1(C)C(c3cccnc3)=CC[C@@]21N. The van der Waals surface area contributed by atoms with E-state index in [0.717, 1.165) is 50.5 Å². The summed E-state index contributed by atoms with van der Waals surface area (Å²) >= 11 is 0. The maximum Gasteiger partial charge on any atom is 0.508 e. The second-order valence-corrected chi connectivity index (χ2v) is 12.8. The van der Waals surface area contributed by atoms with Crippen molar-refractivity contribution in [2.75, 3.05) is 13.2 Å². The van der Waals surface area contributed by atoms with Gasteiger partial charge in [-0.25, -0.2) is 4.79 Å². The maximum absolute atomic E-state index is 12.4. The first-order valence-corrected chi connectivity index (χ1v) is 13.9. The molecule has 0 spiro atoms. The molecule has 2 heterocycles. The first kappa shape index (κ1) is 25.1. The highest BCUT2D eigenvalue weighted by atomic mass is 16.7. The van der Waals surface area contributed by atoms with Gasteiger partial charge >= 0.3 is 6.16 Å². The summed E-state index contributed by atoms with van der Waals surface area (Å²) in [7, 11) is 0. The summed E-state index contributed by atoms with van der Waals surface area (Å²) in [6.45, 7) is 8.10. The van der Waals surface area contributed by atoms with Crippen molar-refractivity contribution >= 4 is 11.7 Å². The van der Waals surface area contributed by atoms with Gasteiger partial charge in [-0.15, -0.1) is 0 Å². The van der Waals surface area contributed by atoms with Crippen molar-refractivity contribution < 1.29 is 19.0 Å². The summed E-state index contributed by atoms with van der Waals surface area (Å²) in [6.07, 6.45) is 14.1. The quantitative estimate of drug-likeness (QED) is 0.442. The van der Waals surface area contributed by atoms with Gasteiger partial charge in [0.1, 0.15) is 12.2 Å². The van der Waals surface area contributed by atoms with Gasteiger partial charge in [0, 0.05) is 52.6 Å². The maximum atomic E-state index is 12.4. The predicted molar refractivity (Wildman–Crippen MR) is 141 cm³/mol. The van der Waals surface area contributed by atoms with Crippen molar-refractivity contribution in [2.45, 2.75) is 95.4 Å². The van der Waals surface area contributed by atoms with Crippen molar-refractivity contribution in [1.82, 2.24) is 4.98 Å². The number of rotatable bonds is 3. The second-order valence-electron chi connectivity index (χ2n) is 12.8. The zero-order valence-electron chi connectivity index (χ0n) is 22.4. The van der Waals surface area contributed by atoms with Crippen molar-refractivity contribution in [3.63, 3.8) is 0 Å². The van der Waals surface area contributed by atoms with Gasteiger partial charge in [-0.3, -0.25) is 4.98 Å². The number of allylic oxidation sites excluding steroid dienone is 1. The summed E-state index contributed by atoms with van der Waals surface area (Å²) in [6, 6.07) is 4.15. The molecule has 7 nitrogen and oxygen atoms in total. The number of nitrogens with zero attached hydrogens (tertiary/aromatic N) is 1. The normalized spacial score (nSPS) is 44.7. The fourth-order valence-electron chi connectivity index (χ4n) is 8.81. The molecule has 0 amide bonds. The summed E-state index contributed by atoms with van der Waals surface area (Å²) in [5, 5.41) is 0. The Balaban J connectivity index is 1.26. The molecular formula is C30H41N3O4. The highest BCUT2D eigenvalue weighted by Gasteiger charge is 2.73. The molecular weight excluding hydrogens is 466 g/mol. The van der Waals surface area contributed by atoms with Gasteiger partial charge in [-0.2, -0.15) is 0 Å². The van der Waals surface area contributed by atoms with E-state index in [4.69, 9.17) is 25.7 Å². The molecule has 37 heavy (non-hydrogen) atoms. The number of ether oxygens (including phenoxy) is 3. The minimum Gasteiger partial charge on any atom is -0.431 e. The average molecular weight is 508 g/mol. The fourth-order valence-corrected chi connectivity index (χ4v) is 8.81. The molecule has 7 heteroatoms. The zero-order chi connectivity index (χ0) is 26.1. The van der Waals surface area contributed by atoms with Gasteiger partial charge in [0.25, 0.3) is 0 Å². The molecule has 1 aromatic rings. The van der Waals surface area contributed by atoms with Gasteiger partial charge in [0.05, 0.1) is 13.2 Å². The van der Waals surface area contributed by atoms with E-state index in [0.29, 0.717) is 19.6 Å². The molecule has 1 aliphatic heterocycles. The average Bonchev–Trinajstić information content (AvgIpc) is 3.48. The van der Waals surface area contributed by atoms with Crippen molar-refractivity contribution in [2.24, 2.45) is 27.7 Å². The second kappa shape index (κ2) is 8.39. The first-order chi connectivity index (χ1) is 17.6. The number of carbonyl (C=O) groups excluding carboxylic acids is 1. The number of hydrogen-bond donors (Lipinski definition) is 2. The monoisotopic (exact) mass is 507 g/mol. The minimum atomic E-state index is -0.581. The van der Waals surface area contributed by atoms with Crippen LogP contribution in [-0.2, 0) is 14.2 Å². The lowest BCUT2D eigenvalue weighted by atomic mass is 9.36. The van der Waals surface area contributed by atoms with E-state index < -0.39 is 17.2 Å². The highest BCUT2D eigenvalue weighted by Crippen LogP contribution is 2.72. The Morgan fingerprint density at radius 3 is 2.54 bits per heavy atom. The number of aromatic nitrogens is 1. The molecule has 3 fully saturated rings. The van der Waals surface area contributed by atoms with E-state index in [1.54, 1.807) is 0 Å². The Bertz CT molecular complexity index is 1150. The highest BCUT2D eigenvalue weighted by molar-refractivity contribution is 5.75. The van der Waals surface area contributed by atoms with Crippen LogP contribution >= 0.6 is 0 Å². The summed E-state index contributed by atoms with van der Waals surface area (Å²) in [4.78, 5) is 16.8. The topological polar surface area (TPSA) is 110 Å². The van der Waals surface area contributed by atoms with Crippen LogP contribution in [0.4, 0.5) is 4.79 Å². The van der Waals surface area contributed by atoms with Gasteiger partial charge in [-0.1, -0.05) is 44.6 Å². The Kier molecular flexibility index (Phi) is 5.69. The lowest BCUT2D eigenvalue weighted by Gasteiger charge is -2.72. The van der Waals surface area contributed by atoms with Crippen LogP contribution in [0.25, 0.3) is 5.57 Å². The lowest BCUT2D eigenvalue weighted by molar-refractivity contribution is -0.124. The number of pyridine rings is 1. The van der Waals surface area contributed by atoms with Crippen LogP contribution in [0.15, 0.2) is 42.3 Å². The largest absolute Gasteiger partial charge is 0.508 e. The number of fused-ring (bicyclic) bond motifs is 5. The van der Waals surface area contributed by atoms with Crippen LogP contribution < -0.4 is 11.5 Å². The van der Waals surface area contributed by atoms with Crippen LogP contribution in [0.1, 0.15) is 77.7 Å². The number of carbonyl (C=O) groups is 1. The molecule has 4 aliphatic carbocycles. The third-order valence-electron chi connectivity index (χ3n) is 11.4. The van der Waals surface area contributed by atoms with Gasteiger partial charge in [0.2, 0.25) is 0 Å². The molecule has 2 saturated carbocycles. The van der Waals surface area contributed by atoms with E-state index in [1.807, 2.05) is 18.5 Å². The number of hydrogen-bond acceptors (Lipinski definition) is 7. The van der Waals surface area contributed by atoms with Gasteiger partial charge in [0.15, 0.2) is 0 Å². The number of nitrogens with two attached hydrogens (primary N) is 2. The molecule has 0 radical (unpaired) electrons. The first-order valence-electron chi connectivity index (χ1n) is 13.9. The van der Waals surface area contributed by atoms with Crippen LogP contribution in [0.3, 0.4) is 0 Å². The Morgan fingerprint density at radius 1 is 1.00 bits per heavy atom. The van der Waals surface area contributed by atoms with Crippen LogP contribution in [0.5, 0.6) is 0 Å². The molecule has 6 rings (SSSR count). The summed E-state index contributed by atoms with van der Waals surface area (Å²) < 4.78 is 16.5. The summed E-state index contributed by atoms with van der Waals surface area (Å²) in [5.41, 5.74) is 17.4. The van der Waals surface area contributed by atoms with E-state index in [-0.39, 0.29) is 28.5 Å². The van der Waals surface area contributed by atoms with Crippen molar-refractivity contribution in [3.8, 4) is 0 Å². The molecule has 0 bridgehead atoms. The van der Waals surface area contributed by atoms with Crippen LogP contribution in [-0.4, -0.2) is 47.6 Å². The minimum absolute atomic E-state index is 0.177. The van der Waals surface area contributed by atoms with Crippen molar-refractivity contribution in [3.05, 3.63) is 47.8 Å². The van der Waals surface area contributed by atoms with E-state index in [2.05, 4.69) is 44.0 Å². The Morgan fingerprint density at radius 2 is 1.81 bits per heavy atom. The smallest absolute Gasteiger partial charge is 0.431 e. The molecule has 5 aliphatic rings. The molecule has 1 saturated heterocycles.